The number of halogens is 1. The number of para-hydroxylation sites is 1. The van der Waals surface area contributed by atoms with Gasteiger partial charge in [-0.1, -0.05) is 6.07 Å². The van der Waals surface area contributed by atoms with Gasteiger partial charge in [-0.05, 0) is 26.0 Å². The molecule has 0 amide bonds. The molecule has 0 saturated heterocycles. The molecule has 8 heteroatoms. The Balaban J connectivity index is 3.45. The topological polar surface area (TPSA) is 86.5 Å². The molecule has 1 aromatic rings. The molecule has 0 aliphatic rings. The molecule has 106 valence electrons. The van der Waals surface area contributed by atoms with E-state index in [4.69, 9.17) is 16.3 Å². The van der Waals surface area contributed by atoms with Gasteiger partial charge in [0.1, 0.15) is 4.90 Å². The van der Waals surface area contributed by atoms with Gasteiger partial charge in [0.15, 0.2) is 15.6 Å². The Morgan fingerprint density at radius 2 is 2.05 bits per heavy atom. The number of nitro benzene ring substituents is 1. The van der Waals surface area contributed by atoms with Crippen LogP contribution in [0.3, 0.4) is 0 Å². The average Bonchev–Trinajstić information content (AvgIpc) is 2.27. The van der Waals surface area contributed by atoms with E-state index in [1.165, 1.54) is 18.2 Å². The minimum absolute atomic E-state index is 0.0596. The van der Waals surface area contributed by atoms with Gasteiger partial charge >= 0.3 is 5.69 Å². The van der Waals surface area contributed by atoms with Crippen LogP contribution in [-0.2, 0) is 9.84 Å². The van der Waals surface area contributed by atoms with Gasteiger partial charge in [0.25, 0.3) is 0 Å². The normalized spacial score (nSPS) is 11.6. The van der Waals surface area contributed by atoms with Crippen LogP contribution in [-0.4, -0.2) is 31.1 Å². The lowest BCUT2D eigenvalue weighted by Gasteiger charge is -2.12. The van der Waals surface area contributed by atoms with Crippen LogP contribution in [0.15, 0.2) is 23.1 Å². The molecule has 1 rings (SSSR count). The Hall–Kier alpha value is -1.34. The number of sulfone groups is 1. The number of hydrogen-bond acceptors (Lipinski definition) is 5. The molecule has 0 unspecified atom stereocenters. The molecule has 0 saturated carbocycles. The maximum atomic E-state index is 12.0. The van der Waals surface area contributed by atoms with Gasteiger partial charge in [0, 0.05) is 5.88 Å². The Labute approximate surface area is 116 Å². The molecule has 0 bridgehead atoms. The minimum Gasteiger partial charge on any atom is -0.484 e. The van der Waals surface area contributed by atoms with E-state index in [9.17, 15) is 18.5 Å². The molecule has 0 N–H and O–H groups in total. The monoisotopic (exact) mass is 307 g/mol. The molecule has 19 heavy (non-hydrogen) atoms. The zero-order valence-electron chi connectivity index (χ0n) is 10.5. The Kier molecular flexibility index (Phi) is 5.13. The summed E-state index contributed by atoms with van der Waals surface area (Å²) in [5, 5.41) is 11.1. The number of alkyl halides is 1. The van der Waals surface area contributed by atoms with E-state index in [-0.39, 0.29) is 28.4 Å². The van der Waals surface area contributed by atoms with Crippen molar-refractivity contribution in [3.8, 4) is 5.75 Å². The molecule has 0 fully saturated rings. The Bertz CT molecular complexity index is 570. The van der Waals surface area contributed by atoms with E-state index < -0.39 is 20.4 Å². The van der Waals surface area contributed by atoms with Crippen molar-refractivity contribution in [3.05, 3.63) is 28.3 Å². The number of ether oxygens (including phenoxy) is 1. The van der Waals surface area contributed by atoms with Crippen LogP contribution >= 0.6 is 11.6 Å². The average molecular weight is 308 g/mol. The third-order valence-corrected chi connectivity index (χ3v) is 4.34. The quantitative estimate of drug-likeness (QED) is 0.457. The Morgan fingerprint density at radius 3 is 2.53 bits per heavy atom. The van der Waals surface area contributed by atoms with Crippen LogP contribution in [0.4, 0.5) is 5.69 Å². The minimum atomic E-state index is -3.80. The first-order chi connectivity index (χ1) is 8.79. The highest BCUT2D eigenvalue weighted by molar-refractivity contribution is 7.91. The van der Waals surface area contributed by atoms with Crippen LogP contribution in [0, 0.1) is 10.1 Å². The van der Waals surface area contributed by atoms with E-state index >= 15 is 0 Å². The zero-order chi connectivity index (χ0) is 14.6. The van der Waals surface area contributed by atoms with Gasteiger partial charge in [-0.25, -0.2) is 8.42 Å². The maximum absolute atomic E-state index is 12.0. The number of benzene rings is 1. The summed E-state index contributed by atoms with van der Waals surface area (Å²) in [7, 11) is -3.80. The van der Waals surface area contributed by atoms with Crippen molar-refractivity contribution in [2.45, 2.75) is 24.8 Å². The molecule has 0 aliphatic heterocycles. The first-order valence-corrected chi connectivity index (χ1v) is 7.71. The summed E-state index contributed by atoms with van der Waals surface area (Å²) in [5.41, 5.74) is -0.540. The predicted molar refractivity (Wildman–Crippen MR) is 71.6 cm³/mol. The summed E-state index contributed by atoms with van der Waals surface area (Å²) in [5.74, 6) is -0.550. The fourth-order valence-corrected chi connectivity index (χ4v) is 3.28. The second kappa shape index (κ2) is 6.21. The first-order valence-electron chi connectivity index (χ1n) is 5.52. The fraction of sp³-hybridized carbons (Fsp3) is 0.455. The van der Waals surface area contributed by atoms with Gasteiger partial charge in [-0.3, -0.25) is 10.1 Å². The lowest BCUT2D eigenvalue weighted by molar-refractivity contribution is -0.389. The van der Waals surface area contributed by atoms with Crippen molar-refractivity contribution in [1.29, 1.82) is 0 Å². The summed E-state index contributed by atoms with van der Waals surface area (Å²) in [6.07, 6.45) is -0.301. The number of hydrogen-bond donors (Lipinski definition) is 0. The van der Waals surface area contributed by atoms with Crippen molar-refractivity contribution >= 4 is 27.1 Å². The molecule has 1 aromatic carbocycles. The van der Waals surface area contributed by atoms with E-state index in [1.54, 1.807) is 13.8 Å². The van der Waals surface area contributed by atoms with Crippen LogP contribution in [0.1, 0.15) is 13.8 Å². The van der Waals surface area contributed by atoms with Crippen molar-refractivity contribution in [2.75, 3.05) is 11.6 Å². The molecule has 0 aromatic heterocycles. The number of nitro groups is 1. The van der Waals surface area contributed by atoms with Crippen LogP contribution in [0.25, 0.3) is 0 Å². The summed E-state index contributed by atoms with van der Waals surface area (Å²) in [6, 6.07) is 3.97. The van der Waals surface area contributed by atoms with Gasteiger partial charge in [-0.15, -0.1) is 11.6 Å². The standard InChI is InChI=1S/C11H14ClNO5S/c1-8(2)18-9-4-3-5-10(11(9)13(14)15)19(16,17)7-6-12/h3-5,8H,6-7H2,1-2H3. The van der Waals surface area contributed by atoms with Crippen molar-refractivity contribution in [3.63, 3.8) is 0 Å². The van der Waals surface area contributed by atoms with Crippen molar-refractivity contribution in [1.82, 2.24) is 0 Å². The van der Waals surface area contributed by atoms with Crippen LogP contribution < -0.4 is 4.74 Å². The SMILES string of the molecule is CC(C)Oc1cccc(S(=O)(=O)CCCl)c1[N+](=O)[O-]. The van der Waals surface area contributed by atoms with E-state index in [0.29, 0.717) is 0 Å². The van der Waals surface area contributed by atoms with Crippen molar-refractivity contribution < 1.29 is 18.1 Å². The Morgan fingerprint density at radius 1 is 1.42 bits per heavy atom. The molecule has 0 radical (unpaired) electrons. The van der Waals surface area contributed by atoms with Gasteiger partial charge in [0.2, 0.25) is 0 Å². The second-order valence-corrected chi connectivity index (χ2v) is 6.49. The van der Waals surface area contributed by atoms with Crippen LogP contribution in [0.5, 0.6) is 5.75 Å². The molecular formula is C11H14ClNO5S. The van der Waals surface area contributed by atoms with E-state index in [1.807, 2.05) is 0 Å². The fourth-order valence-electron chi connectivity index (χ4n) is 1.49. The smallest absolute Gasteiger partial charge is 0.329 e. The van der Waals surface area contributed by atoms with Gasteiger partial charge < -0.3 is 4.74 Å². The third kappa shape index (κ3) is 3.81. The molecular weight excluding hydrogens is 294 g/mol. The highest BCUT2D eigenvalue weighted by Gasteiger charge is 2.29. The van der Waals surface area contributed by atoms with E-state index in [2.05, 4.69) is 0 Å². The summed E-state index contributed by atoms with van der Waals surface area (Å²) in [4.78, 5) is 9.99. The highest BCUT2D eigenvalue weighted by Crippen LogP contribution is 2.35. The lowest BCUT2D eigenvalue weighted by atomic mass is 10.3. The number of nitrogens with zero attached hydrogens (tertiary/aromatic N) is 1. The third-order valence-electron chi connectivity index (χ3n) is 2.19. The second-order valence-electron chi connectivity index (χ2n) is 4.03. The number of rotatable bonds is 6. The summed E-state index contributed by atoms with van der Waals surface area (Å²) >= 11 is 5.41. The van der Waals surface area contributed by atoms with Gasteiger partial charge in [0.05, 0.1) is 16.8 Å². The highest BCUT2D eigenvalue weighted by atomic mass is 35.5. The summed E-state index contributed by atoms with van der Waals surface area (Å²) < 4.78 is 29.2. The molecule has 0 heterocycles. The van der Waals surface area contributed by atoms with E-state index in [0.717, 1.165) is 0 Å². The summed E-state index contributed by atoms with van der Waals surface area (Å²) in [6.45, 7) is 3.40. The molecule has 6 nitrogen and oxygen atoms in total. The molecule has 0 atom stereocenters. The lowest BCUT2D eigenvalue weighted by Crippen LogP contribution is -2.13. The zero-order valence-corrected chi connectivity index (χ0v) is 12.1. The first kappa shape index (κ1) is 15.7. The van der Waals surface area contributed by atoms with Crippen molar-refractivity contribution in [2.24, 2.45) is 0 Å². The molecule has 0 spiro atoms. The van der Waals surface area contributed by atoms with Gasteiger partial charge in [-0.2, -0.15) is 0 Å². The predicted octanol–water partition coefficient (Wildman–Crippen LogP) is 2.39. The molecule has 0 aliphatic carbocycles. The largest absolute Gasteiger partial charge is 0.484 e. The maximum Gasteiger partial charge on any atom is 0.329 e. The van der Waals surface area contributed by atoms with Crippen LogP contribution in [0.2, 0.25) is 0 Å².